The molecule has 4 rings (SSSR count). The van der Waals surface area contributed by atoms with Crippen LogP contribution < -0.4 is 0 Å². The highest BCUT2D eigenvalue weighted by atomic mass is 35.5. The molecule has 0 radical (unpaired) electrons. The van der Waals surface area contributed by atoms with E-state index in [-0.39, 0.29) is 28.7 Å². The zero-order valence-electron chi connectivity index (χ0n) is 31.7. The molecule has 3 aliphatic carbocycles. The second kappa shape index (κ2) is 13.7. The van der Waals surface area contributed by atoms with Crippen LogP contribution in [0.2, 0.25) is 36.3 Å². The summed E-state index contributed by atoms with van der Waals surface area (Å²) >= 11 is 7.76. The van der Waals surface area contributed by atoms with E-state index in [4.69, 9.17) is 39.4 Å². The lowest BCUT2D eigenvalue weighted by Crippen LogP contribution is -2.60. The van der Waals surface area contributed by atoms with Gasteiger partial charge in [0.25, 0.3) is 5.79 Å². The number of benzene rings is 1. The van der Waals surface area contributed by atoms with Crippen molar-refractivity contribution in [2.24, 2.45) is 5.41 Å². The third-order valence-electron chi connectivity index (χ3n) is 12.0. The number of aliphatic hydroxyl groups is 1. The van der Waals surface area contributed by atoms with Crippen LogP contribution >= 0.6 is 11.6 Å². The highest BCUT2D eigenvalue weighted by Crippen LogP contribution is 2.66. The first-order valence-corrected chi connectivity index (χ1v) is 23.5. The van der Waals surface area contributed by atoms with Crippen molar-refractivity contribution in [2.45, 2.75) is 139 Å². The maximum Gasteiger partial charge on any atom is 0.261 e. The zero-order valence-corrected chi connectivity index (χ0v) is 34.4. The van der Waals surface area contributed by atoms with Crippen molar-refractivity contribution in [2.75, 3.05) is 21.3 Å². The van der Waals surface area contributed by atoms with Crippen LogP contribution in [0.1, 0.15) is 66.4 Å². The summed E-state index contributed by atoms with van der Waals surface area (Å²) in [4.78, 5) is 0. The summed E-state index contributed by atoms with van der Waals surface area (Å²) in [6.45, 7) is 27.0. The molecule has 270 valence electrons. The molecule has 1 aromatic rings. The van der Waals surface area contributed by atoms with Gasteiger partial charge in [-0.15, -0.1) is 18.2 Å². The largest absolute Gasteiger partial charge is 0.495 e. The number of fused-ring (bicyclic) bond motifs is 2. The molecule has 0 saturated heterocycles. The lowest BCUT2D eigenvalue weighted by molar-refractivity contribution is -0.279. The van der Waals surface area contributed by atoms with Gasteiger partial charge in [-0.25, -0.2) is 0 Å². The summed E-state index contributed by atoms with van der Waals surface area (Å²) in [6, 6.07) is 10.2. The van der Waals surface area contributed by atoms with Crippen molar-refractivity contribution in [3.63, 3.8) is 0 Å². The van der Waals surface area contributed by atoms with E-state index < -0.39 is 44.9 Å². The summed E-state index contributed by atoms with van der Waals surface area (Å²) in [6.07, 6.45) is 3.61. The first-order chi connectivity index (χ1) is 22.1. The van der Waals surface area contributed by atoms with Gasteiger partial charge in [-0.1, -0.05) is 78.0 Å². The maximum atomic E-state index is 12.6. The molecule has 3 aliphatic rings. The monoisotopic (exact) mass is 720 g/mol. The molecule has 6 atom stereocenters. The predicted octanol–water partition coefficient (Wildman–Crippen LogP) is 8.89. The number of methoxy groups -OCH3 is 3. The summed E-state index contributed by atoms with van der Waals surface area (Å²) in [5.74, 6) is -1.21. The maximum absolute atomic E-state index is 12.6. The van der Waals surface area contributed by atoms with E-state index in [0.29, 0.717) is 25.2 Å². The van der Waals surface area contributed by atoms with Crippen LogP contribution in [0.4, 0.5) is 0 Å². The highest BCUT2D eigenvalue weighted by molar-refractivity contribution is 6.74. The molecule has 1 unspecified atom stereocenters. The Morgan fingerprint density at radius 1 is 0.938 bits per heavy atom. The molecule has 2 fully saturated rings. The summed E-state index contributed by atoms with van der Waals surface area (Å²) in [5, 5.41) is 12.1. The first-order valence-electron chi connectivity index (χ1n) is 17.2. The van der Waals surface area contributed by atoms with E-state index in [2.05, 4.69) is 86.4 Å². The molecule has 2 saturated carbocycles. The Hall–Kier alpha value is -1.28. The van der Waals surface area contributed by atoms with E-state index in [1.54, 1.807) is 13.2 Å². The second-order valence-corrected chi connectivity index (χ2v) is 26.9. The Kier molecular flexibility index (Phi) is 11.3. The Bertz CT molecular complexity index is 1380. The molecule has 0 aromatic heterocycles. The van der Waals surface area contributed by atoms with Crippen molar-refractivity contribution < 1.29 is 32.9 Å². The van der Waals surface area contributed by atoms with Crippen molar-refractivity contribution in [1.82, 2.24) is 0 Å². The predicted molar refractivity (Wildman–Crippen MR) is 199 cm³/mol. The molecule has 7 nitrogen and oxygen atoms in total. The number of alkyl halides is 1. The van der Waals surface area contributed by atoms with Crippen molar-refractivity contribution in [3.8, 4) is 0 Å². The molecule has 0 aliphatic heterocycles. The van der Waals surface area contributed by atoms with Crippen LogP contribution in [-0.4, -0.2) is 78.1 Å². The fraction of sp³-hybridized carbons (Fsp3) is 0.684. The fourth-order valence-corrected chi connectivity index (χ4v) is 10.6. The Morgan fingerprint density at radius 3 is 2.00 bits per heavy atom. The van der Waals surface area contributed by atoms with Gasteiger partial charge in [0.15, 0.2) is 22.4 Å². The Balaban J connectivity index is 2.04. The zero-order chi connectivity index (χ0) is 36.1. The minimum absolute atomic E-state index is 0.0301. The molecule has 48 heavy (non-hydrogen) atoms. The van der Waals surface area contributed by atoms with Crippen LogP contribution in [0, 0.1) is 5.41 Å². The highest BCUT2D eigenvalue weighted by Gasteiger charge is 2.71. The van der Waals surface area contributed by atoms with E-state index in [9.17, 15) is 5.11 Å². The van der Waals surface area contributed by atoms with E-state index >= 15 is 0 Å². The van der Waals surface area contributed by atoms with E-state index in [1.165, 1.54) is 14.2 Å². The van der Waals surface area contributed by atoms with Crippen molar-refractivity contribution in [3.05, 3.63) is 71.5 Å². The van der Waals surface area contributed by atoms with Gasteiger partial charge in [0.1, 0.15) is 5.60 Å². The minimum atomic E-state index is -2.37. The van der Waals surface area contributed by atoms with Crippen LogP contribution in [-0.2, 0) is 34.4 Å². The number of halogens is 1. The van der Waals surface area contributed by atoms with Gasteiger partial charge in [-0.3, -0.25) is 0 Å². The van der Waals surface area contributed by atoms with Gasteiger partial charge in [0.05, 0.1) is 42.8 Å². The SMILES string of the molecule is C=CC[C@]1(O)C=C2C(=C(OC)C1(OC)OC)C[C@H](Cl)C21[C@@H](O[Si](C)(C)C(C)(C)C)C[C@@H](O[Si](C)(C)C(C)(C)C)[C@H]1OCc1ccccc1. The summed E-state index contributed by atoms with van der Waals surface area (Å²) in [7, 11) is -0.0406. The lowest BCUT2D eigenvalue weighted by Gasteiger charge is -2.50. The number of allylic oxidation sites excluding steroid dienone is 1. The third kappa shape index (κ3) is 6.38. The molecule has 10 heteroatoms. The molecular formula is C38H61ClO7Si2. The fourth-order valence-electron chi connectivity index (χ4n) is 7.41. The van der Waals surface area contributed by atoms with Gasteiger partial charge in [0.2, 0.25) is 0 Å². The van der Waals surface area contributed by atoms with Crippen LogP contribution in [0.3, 0.4) is 0 Å². The molecule has 1 N–H and O–H groups in total. The molecule has 0 bridgehead atoms. The number of ether oxygens (including phenoxy) is 4. The Morgan fingerprint density at radius 2 is 1.50 bits per heavy atom. The quantitative estimate of drug-likeness (QED) is 0.100. The van der Waals surface area contributed by atoms with Crippen molar-refractivity contribution >= 4 is 28.2 Å². The third-order valence-corrected chi connectivity index (χ3v) is 21.5. The number of hydrogen-bond donors (Lipinski definition) is 1. The van der Waals surface area contributed by atoms with E-state index in [1.807, 2.05) is 24.3 Å². The average Bonchev–Trinajstić information content (AvgIpc) is 3.43. The van der Waals surface area contributed by atoms with E-state index in [0.717, 1.165) is 16.7 Å². The van der Waals surface area contributed by atoms with Crippen molar-refractivity contribution in [1.29, 1.82) is 0 Å². The number of rotatable bonds is 12. The molecule has 1 aromatic carbocycles. The normalized spacial score (nSPS) is 30.9. The van der Waals surface area contributed by atoms with Gasteiger partial charge in [0, 0.05) is 32.6 Å². The van der Waals surface area contributed by atoms with Gasteiger partial charge < -0.3 is 32.9 Å². The van der Waals surface area contributed by atoms with Crippen LogP contribution in [0.15, 0.2) is 66.0 Å². The Labute approximate surface area is 297 Å². The van der Waals surface area contributed by atoms with Crippen LogP contribution in [0.25, 0.3) is 0 Å². The van der Waals surface area contributed by atoms with Crippen LogP contribution in [0.5, 0.6) is 0 Å². The lowest BCUT2D eigenvalue weighted by atomic mass is 9.69. The number of hydrogen-bond acceptors (Lipinski definition) is 7. The second-order valence-electron chi connectivity index (χ2n) is 16.9. The summed E-state index contributed by atoms with van der Waals surface area (Å²) < 4.78 is 40.2. The van der Waals surface area contributed by atoms with Gasteiger partial charge >= 0.3 is 0 Å². The topological polar surface area (TPSA) is 75.6 Å². The van der Waals surface area contributed by atoms with Gasteiger partial charge in [-0.05, 0) is 59.9 Å². The molecular weight excluding hydrogens is 660 g/mol. The molecule has 1 spiro atoms. The smallest absolute Gasteiger partial charge is 0.261 e. The minimum Gasteiger partial charge on any atom is -0.495 e. The molecule has 0 amide bonds. The first kappa shape index (κ1) is 39.5. The summed E-state index contributed by atoms with van der Waals surface area (Å²) in [5.41, 5.74) is 0.209. The standard InChI is InChI=1S/C38H61ClO7Si2/c1-15-21-36(40)24-28-27(32(41-8)38(36,42-9)43-10)22-30(39)37(28)31(46-48(13,14)35(5,6)7)23-29(45-47(11,12)34(2,3)4)33(37)44-25-26-19-17-16-18-20-26/h15-20,24,29-31,33,40H,1,21-23,25H2,2-14H3/t29-,30+,31+,33-,36+,37?/m1/s1. The average molecular weight is 722 g/mol. The molecule has 0 heterocycles. The van der Waals surface area contributed by atoms with Gasteiger partial charge in [-0.2, -0.15) is 0 Å².